The molecule has 5 heteroatoms. The van der Waals surface area contributed by atoms with Crippen LogP contribution in [0.4, 0.5) is 5.69 Å². The van der Waals surface area contributed by atoms with Gasteiger partial charge >= 0.3 is 0 Å². The van der Waals surface area contributed by atoms with Crippen LogP contribution in [0, 0.1) is 11.8 Å². The first-order valence-corrected chi connectivity index (χ1v) is 9.50. The largest absolute Gasteiger partial charge is 0.490 e. The van der Waals surface area contributed by atoms with Crippen molar-refractivity contribution in [1.82, 2.24) is 0 Å². The number of nitrogens with zero attached hydrogens (tertiary/aromatic N) is 1. The maximum Gasteiger partial charge on any atom is 0.224 e. The summed E-state index contributed by atoms with van der Waals surface area (Å²) in [6.07, 6.45) is 4.44. The number of fused-ring (bicyclic) bond motifs is 1. The average Bonchev–Trinajstić information content (AvgIpc) is 3.43. The standard InChI is InChI=1S/C20H28N2O3/c1-12-19(21)17-11-16(25-15-7-9-24-10-8-15)5-6-18(17)22(13(2)23)20(12)14-3-4-14/h5-6,11-12,14-15,19-20H,3-4,7-10,21H2,1-2H3/t12-,19-,20-/m1/s1. The molecule has 0 radical (unpaired) electrons. The van der Waals surface area contributed by atoms with Gasteiger partial charge in [0, 0.05) is 37.5 Å². The van der Waals surface area contributed by atoms with Crippen LogP contribution < -0.4 is 15.4 Å². The number of carbonyl (C=O) groups excluding carboxylic acids is 1. The van der Waals surface area contributed by atoms with Gasteiger partial charge in [-0.05, 0) is 48.4 Å². The zero-order valence-corrected chi connectivity index (χ0v) is 15.1. The normalized spacial score (nSPS) is 30.0. The van der Waals surface area contributed by atoms with Gasteiger partial charge in [-0.1, -0.05) is 6.92 Å². The first-order chi connectivity index (χ1) is 12.1. The second kappa shape index (κ2) is 6.61. The van der Waals surface area contributed by atoms with Crippen LogP contribution in [-0.4, -0.2) is 31.3 Å². The first-order valence-electron chi connectivity index (χ1n) is 9.50. The van der Waals surface area contributed by atoms with E-state index in [-0.39, 0.29) is 30.0 Å². The van der Waals surface area contributed by atoms with Crippen molar-refractivity contribution in [3.05, 3.63) is 23.8 Å². The van der Waals surface area contributed by atoms with Gasteiger partial charge < -0.3 is 20.1 Å². The van der Waals surface area contributed by atoms with Gasteiger partial charge in [-0.2, -0.15) is 0 Å². The van der Waals surface area contributed by atoms with Gasteiger partial charge in [0.1, 0.15) is 11.9 Å². The Morgan fingerprint density at radius 3 is 2.60 bits per heavy atom. The minimum absolute atomic E-state index is 0.0607. The highest BCUT2D eigenvalue weighted by Gasteiger charge is 2.46. The van der Waals surface area contributed by atoms with E-state index >= 15 is 0 Å². The van der Waals surface area contributed by atoms with Crippen LogP contribution in [0.2, 0.25) is 0 Å². The summed E-state index contributed by atoms with van der Waals surface area (Å²) in [5.41, 5.74) is 8.60. The maximum atomic E-state index is 12.4. The van der Waals surface area contributed by atoms with E-state index in [0.29, 0.717) is 5.92 Å². The Hall–Kier alpha value is -1.59. The van der Waals surface area contributed by atoms with Gasteiger partial charge in [0.2, 0.25) is 5.91 Å². The van der Waals surface area contributed by atoms with E-state index in [1.54, 1.807) is 6.92 Å². The van der Waals surface area contributed by atoms with Crippen molar-refractivity contribution in [3.8, 4) is 5.75 Å². The number of hydrogen-bond acceptors (Lipinski definition) is 4. The molecule has 3 aliphatic rings. The monoisotopic (exact) mass is 344 g/mol. The zero-order chi connectivity index (χ0) is 17.6. The van der Waals surface area contributed by atoms with Crippen LogP contribution in [0.25, 0.3) is 0 Å². The third-order valence-corrected chi connectivity index (χ3v) is 5.94. The van der Waals surface area contributed by atoms with Gasteiger partial charge in [0.15, 0.2) is 0 Å². The van der Waals surface area contributed by atoms with Crippen LogP contribution in [-0.2, 0) is 9.53 Å². The molecule has 4 rings (SSSR count). The van der Waals surface area contributed by atoms with E-state index in [0.717, 1.165) is 43.1 Å². The molecule has 0 spiro atoms. The highest BCUT2D eigenvalue weighted by molar-refractivity contribution is 5.94. The maximum absolute atomic E-state index is 12.4. The summed E-state index contributed by atoms with van der Waals surface area (Å²) in [6, 6.07) is 6.21. The topological polar surface area (TPSA) is 64.8 Å². The summed E-state index contributed by atoms with van der Waals surface area (Å²) in [5, 5.41) is 0. The molecule has 1 saturated heterocycles. The Morgan fingerprint density at radius 1 is 1.24 bits per heavy atom. The molecule has 1 aromatic rings. The van der Waals surface area contributed by atoms with E-state index in [2.05, 4.69) is 6.92 Å². The Morgan fingerprint density at radius 2 is 1.96 bits per heavy atom. The van der Waals surface area contributed by atoms with Crippen molar-refractivity contribution in [3.63, 3.8) is 0 Å². The molecule has 1 saturated carbocycles. The number of benzene rings is 1. The Bertz CT molecular complexity index is 652. The van der Waals surface area contributed by atoms with Crippen molar-refractivity contribution in [2.24, 2.45) is 17.6 Å². The number of hydrogen-bond donors (Lipinski definition) is 1. The van der Waals surface area contributed by atoms with Crippen molar-refractivity contribution >= 4 is 11.6 Å². The summed E-state index contributed by atoms with van der Waals surface area (Å²) < 4.78 is 11.5. The van der Waals surface area contributed by atoms with E-state index in [9.17, 15) is 4.79 Å². The van der Waals surface area contributed by atoms with Gasteiger partial charge in [-0.25, -0.2) is 0 Å². The SMILES string of the molecule is CC(=O)N1c2ccc(OC3CCOCC3)cc2[C@H](N)[C@@H](C)[C@@H]1C1CC1. The Balaban J connectivity index is 1.64. The lowest BCUT2D eigenvalue weighted by Gasteiger charge is -2.44. The molecule has 2 fully saturated rings. The fraction of sp³-hybridized carbons (Fsp3) is 0.650. The van der Waals surface area contributed by atoms with Crippen molar-refractivity contribution in [1.29, 1.82) is 0 Å². The molecule has 136 valence electrons. The van der Waals surface area contributed by atoms with E-state index in [1.807, 2.05) is 23.1 Å². The smallest absolute Gasteiger partial charge is 0.224 e. The summed E-state index contributed by atoms with van der Waals surface area (Å²) in [5.74, 6) is 1.80. The highest BCUT2D eigenvalue weighted by Crippen LogP contribution is 2.49. The molecule has 1 aliphatic carbocycles. The number of ether oxygens (including phenoxy) is 2. The molecule has 1 amide bonds. The molecule has 2 N–H and O–H groups in total. The predicted molar refractivity (Wildman–Crippen MR) is 96.7 cm³/mol. The number of amides is 1. The summed E-state index contributed by atoms with van der Waals surface area (Å²) in [4.78, 5) is 14.4. The van der Waals surface area contributed by atoms with Crippen LogP contribution >= 0.6 is 0 Å². The molecule has 0 unspecified atom stereocenters. The number of rotatable bonds is 3. The molecular weight excluding hydrogens is 316 g/mol. The van der Waals surface area contributed by atoms with Gasteiger partial charge in [-0.3, -0.25) is 4.79 Å². The summed E-state index contributed by atoms with van der Waals surface area (Å²) in [7, 11) is 0. The molecule has 2 heterocycles. The predicted octanol–water partition coefficient (Wildman–Crippen LogP) is 3.03. The summed E-state index contributed by atoms with van der Waals surface area (Å²) in [6.45, 7) is 5.36. The third kappa shape index (κ3) is 3.15. The molecule has 0 aromatic heterocycles. The minimum Gasteiger partial charge on any atom is -0.490 e. The van der Waals surface area contributed by atoms with Crippen LogP contribution in [0.5, 0.6) is 5.75 Å². The van der Waals surface area contributed by atoms with Crippen LogP contribution in [0.1, 0.15) is 51.1 Å². The van der Waals surface area contributed by atoms with Gasteiger partial charge in [-0.15, -0.1) is 0 Å². The number of nitrogens with two attached hydrogens (primary N) is 1. The second-order valence-corrected chi connectivity index (χ2v) is 7.75. The van der Waals surface area contributed by atoms with E-state index < -0.39 is 0 Å². The van der Waals surface area contributed by atoms with Crippen molar-refractivity contribution in [2.75, 3.05) is 18.1 Å². The van der Waals surface area contributed by atoms with Crippen LogP contribution in [0.3, 0.4) is 0 Å². The van der Waals surface area contributed by atoms with Crippen molar-refractivity contribution in [2.45, 2.75) is 57.7 Å². The lowest BCUT2D eigenvalue weighted by atomic mass is 9.80. The molecule has 3 atom stereocenters. The minimum atomic E-state index is -0.0607. The number of anilines is 1. The van der Waals surface area contributed by atoms with Gasteiger partial charge in [0.25, 0.3) is 0 Å². The number of carbonyl (C=O) groups is 1. The molecule has 25 heavy (non-hydrogen) atoms. The molecule has 5 nitrogen and oxygen atoms in total. The molecular formula is C20H28N2O3. The first kappa shape index (κ1) is 16.9. The van der Waals surface area contributed by atoms with E-state index in [1.165, 1.54) is 12.8 Å². The molecule has 2 aliphatic heterocycles. The quantitative estimate of drug-likeness (QED) is 0.915. The van der Waals surface area contributed by atoms with E-state index in [4.69, 9.17) is 15.2 Å². The highest BCUT2D eigenvalue weighted by atomic mass is 16.5. The third-order valence-electron chi connectivity index (χ3n) is 5.94. The average molecular weight is 344 g/mol. The van der Waals surface area contributed by atoms with Crippen LogP contribution in [0.15, 0.2) is 18.2 Å². The van der Waals surface area contributed by atoms with Gasteiger partial charge in [0.05, 0.1) is 13.2 Å². The molecule has 0 bridgehead atoms. The second-order valence-electron chi connectivity index (χ2n) is 7.75. The molecule has 1 aromatic carbocycles. The lowest BCUT2D eigenvalue weighted by Crippen LogP contribution is -2.51. The lowest BCUT2D eigenvalue weighted by molar-refractivity contribution is -0.117. The fourth-order valence-corrected chi connectivity index (χ4v) is 4.43. The fourth-order valence-electron chi connectivity index (χ4n) is 4.43. The van der Waals surface area contributed by atoms with Crippen molar-refractivity contribution < 1.29 is 14.3 Å². The zero-order valence-electron chi connectivity index (χ0n) is 15.1. The Kier molecular flexibility index (Phi) is 4.46. The Labute approximate surface area is 149 Å². The summed E-state index contributed by atoms with van der Waals surface area (Å²) >= 11 is 0.